The molecule has 4 N–H and O–H groups in total. The lowest BCUT2D eigenvalue weighted by atomic mass is 9.96. The molecule has 2 aromatic carbocycles. The van der Waals surface area contributed by atoms with Crippen LogP contribution in [0.3, 0.4) is 0 Å². The smallest absolute Gasteiger partial charge is 0.407 e. The molecule has 1 saturated heterocycles. The SMILES string of the molecule is CCN[C@H]1CO[C@H](OC)[C@@H]1[C@H](C)OC(=O)N[C@@H](Cc1cc(F)cc(F)c1)[C@H](O)CN(CC(C)C)S(=O)(=O)c1ccc2nc(NC3CC3)sc2c1. The average molecular weight is 740 g/mol. The lowest BCUT2D eigenvalue weighted by molar-refractivity contribution is -0.128. The number of aromatic nitrogens is 1. The van der Waals surface area contributed by atoms with Gasteiger partial charge in [-0.3, -0.25) is 0 Å². The molecule has 0 spiro atoms. The van der Waals surface area contributed by atoms with Crippen LogP contribution < -0.4 is 16.0 Å². The number of aliphatic hydroxyl groups excluding tert-OH is 1. The van der Waals surface area contributed by atoms with Crippen LogP contribution in [-0.2, 0) is 30.7 Å². The molecule has 2 aliphatic rings. The number of carbonyl (C=O) groups excluding carboxylic acids is 1. The molecule has 0 unspecified atom stereocenters. The lowest BCUT2D eigenvalue weighted by Crippen LogP contribution is -2.52. The Morgan fingerprint density at radius 2 is 1.86 bits per heavy atom. The van der Waals surface area contributed by atoms with Gasteiger partial charge in [-0.25, -0.2) is 27.0 Å². The summed E-state index contributed by atoms with van der Waals surface area (Å²) >= 11 is 1.37. The highest BCUT2D eigenvalue weighted by Gasteiger charge is 2.43. The number of ether oxygens (including phenoxy) is 3. The van der Waals surface area contributed by atoms with Gasteiger partial charge in [0.15, 0.2) is 11.4 Å². The lowest BCUT2D eigenvalue weighted by Gasteiger charge is -2.32. The van der Waals surface area contributed by atoms with Gasteiger partial charge in [0, 0.05) is 38.3 Å². The van der Waals surface area contributed by atoms with Crippen molar-refractivity contribution in [2.24, 2.45) is 11.8 Å². The van der Waals surface area contributed by atoms with E-state index in [4.69, 9.17) is 14.2 Å². The summed E-state index contributed by atoms with van der Waals surface area (Å²) in [5.74, 6) is -2.14. The van der Waals surface area contributed by atoms with Crippen LogP contribution in [-0.4, -0.2) is 98.9 Å². The van der Waals surface area contributed by atoms with Gasteiger partial charge < -0.3 is 35.3 Å². The monoisotopic (exact) mass is 739 g/mol. The maximum atomic E-state index is 14.2. The first-order chi connectivity index (χ1) is 23.8. The number of thiazole rings is 1. The Balaban J connectivity index is 1.37. The largest absolute Gasteiger partial charge is 0.446 e. The normalized spacial score (nSPS) is 21.4. The highest BCUT2D eigenvalue weighted by Crippen LogP contribution is 2.33. The summed E-state index contributed by atoms with van der Waals surface area (Å²) in [6.07, 6.45) is -1.80. The molecule has 276 valence electrons. The molecular formula is C34H47F2N5O7S2. The highest BCUT2D eigenvalue weighted by molar-refractivity contribution is 7.89. The van der Waals surface area contributed by atoms with Gasteiger partial charge in [0.25, 0.3) is 0 Å². The molecule has 1 aliphatic carbocycles. The van der Waals surface area contributed by atoms with E-state index in [0.717, 1.165) is 36.2 Å². The molecule has 2 heterocycles. The third kappa shape index (κ3) is 9.66. The van der Waals surface area contributed by atoms with Gasteiger partial charge in [0.2, 0.25) is 10.0 Å². The molecule has 1 aromatic heterocycles. The fraction of sp³-hybridized carbons (Fsp3) is 0.588. The van der Waals surface area contributed by atoms with E-state index in [1.807, 2.05) is 20.8 Å². The number of nitrogens with one attached hydrogen (secondary N) is 3. The van der Waals surface area contributed by atoms with Crippen LogP contribution in [0.2, 0.25) is 0 Å². The third-order valence-electron chi connectivity index (χ3n) is 8.76. The molecule has 50 heavy (non-hydrogen) atoms. The quantitative estimate of drug-likeness (QED) is 0.156. The number of alkyl carbamates (subject to hydrolysis) is 1. The molecule has 3 aromatic rings. The number of halogens is 2. The Labute approximate surface area is 295 Å². The van der Waals surface area contributed by atoms with Crippen LogP contribution in [0.5, 0.6) is 0 Å². The maximum absolute atomic E-state index is 14.2. The molecule has 1 saturated carbocycles. The molecular weight excluding hydrogens is 693 g/mol. The molecule has 16 heteroatoms. The van der Waals surface area contributed by atoms with Crippen molar-refractivity contribution < 1.29 is 41.3 Å². The number of benzene rings is 2. The van der Waals surface area contributed by atoms with Crippen LogP contribution in [0.25, 0.3) is 10.2 Å². The number of sulfonamides is 1. The predicted octanol–water partition coefficient (Wildman–Crippen LogP) is 4.48. The Hall–Kier alpha value is -2.99. The first-order valence-corrected chi connectivity index (χ1v) is 19.2. The van der Waals surface area contributed by atoms with Gasteiger partial charge in [0.05, 0.1) is 39.8 Å². The van der Waals surface area contributed by atoms with E-state index in [1.165, 1.54) is 28.8 Å². The first-order valence-electron chi connectivity index (χ1n) is 16.9. The minimum atomic E-state index is -4.15. The van der Waals surface area contributed by atoms with Crippen LogP contribution in [0, 0.1) is 23.5 Å². The van der Waals surface area contributed by atoms with E-state index >= 15 is 0 Å². The van der Waals surface area contributed by atoms with E-state index in [9.17, 15) is 27.1 Å². The van der Waals surface area contributed by atoms with Gasteiger partial charge in [-0.05, 0) is 74.5 Å². The molecule has 2 fully saturated rings. The van der Waals surface area contributed by atoms with E-state index < -0.39 is 58.8 Å². The topological polar surface area (TPSA) is 151 Å². The van der Waals surface area contributed by atoms with Crippen molar-refractivity contribution in [3.8, 4) is 0 Å². The van der Waals surface area contributed by atoms with Gasteiger partial charge in [-0.2, -0.15) is 4.31 Å². The van der Waals surface area contributed by atoms with Gasteiger partial charge >= 0.3 is 6.09 Å². The summed E-state index contributed by atoms with van der Waals surface area (Å²) in [7, 11) is -2.65. The number of fused-ring (bicyclic) bond motifs is 1. The molecule has 12 nitrogen and oxygen atoms in total. The number of aliphatic hydroxyl groups is 1. The summed E-state index contributed by atoms with van der Waals surface area (Å²) in [5, 5.41) is 21.6. The molecule has 1 aliphatic heterocycles. The number of anilines is 1. The average Bonchev–Trinajstić information content (AvgIpc) is 3.60. The molecule has 0 radical (unpaired) electrons. The van der Waals surface area contributed by atoms with E-state index in [0.29, 0.717) is 29.4 Å². The second-order valence-electron chi connectivity index (χ2n) is 13.4. The van der Waals surface area contributed by atoms with Crippen molar-refractivity contribution in [1.29, 1.82) is 0 Å². The number of rotatable bonds is 17. The Morgan fingerprint density at radius 3 is 2.50 bits per heavy atom. The summed E-state index contributed by atoms with van der Waals surface area (Å²) in [6.45, 7) is 7.99. The fourth-order valence-corrected chi connectivity index (χ4v) is 8.94. The van der Waals surface area contributed by atoms with Crippen molar-refractivity contribution in [1.82, 2.24) is 19.9 Å². The first kappa shape index (κ1) is 38.2. The van der Waals surface area contributed by atoms with E-state index in [2.05, 4.69) is 20.9 Å². The summed E-state index contributed by atoms with van der Waals surface area (Å²) in [6, 6.07) is 6.68. The zero-order valence-electron chi connectivity index (χ0n) is 28.9. The molecule has 1 amide bonds. The molecule has 0 bridgehead atoms. The van der Waals surface area contributed by atoms with Crippen LogP contribution in [0.1, 0.15) is 46.1 Å². The van der Waals surface area contributed by atoms with Crippen molar-refractivity contribution in [2.75, 3.05) is 38.7 Å². The number of methoxy groups -OCH3 is 1. The van der Waals surface area contributed by atoms with Crippen LogP contribution >= 0.6 is 11.3 Å². The summed E-state index contributed by atoms with van der Waals surface area (Å²) in [5.41, 5.74) is 0.824. The molecule has 6 atom stereocenters. The Bertz CT molecular complexity index is 1700. The Morgan fingerprint density at radius 1 is 1.14 bits per heavy atom. The van der Waals surface area contributed by atoms with Crippen molar-refractivity contribution in [3.63, 3.8) is 0 Å². The van der Waals surface area contributed by atoms with Crippen LogP contribution in [0.15, 0.2) is 41.3 Å². The Kier molecular flexibility index (Phi) is 12.7. The number of amides is 1. The van der Waals surface area contributed by atoms with E-state index in [-0.39, 0.29) is 41.3 Å². The number of carbonyl (C=O) groups is 1. The van der Waals surface area contributed by atoms with Crippen molar-refractivity contribution in [3.05, 3.63) is 53.6 Å². The fourth-order valence-electron chi connectivity index (χ4n) is 6.23. The number of likely N-dealkylation sites (N-methyl/N-ethyl adjacent to an activating group) is 1. The minimum Gasteiger partial charge on any atom is -0.446 e. The molecule has 5 rings (SSSR count). The van der Waals surface area contributed by atoms with Gasteiger partial charge in [0.1, 0.15) is 17.7 Å². The second kappa shape index (κ2) is 16.6. The van der Waals surface area contributed by atoms with Gasteiger partial charge in [-0.15, -0.1) is 0 Å². The maximum Gasteiger partial charge on any atom is 0.407 e. The van der Waals surface area contributed by atoms with Crippen LogP contribution in [0.4, 0.5) is 18.7 Å². The van der Waals surface area contributed by atoms with E-state index in [1.54, 1.807) is 19.1 Å². The summed E-state index contributed by atoms with van der Waals surface area (Å²) < 4.78 is 75.4. The summed E-state index contributed by atoms with van der Waals surface area (Å²) in [4.78, 5) is 17.9. The number of hydrogen-bond acceptors (Lipinski definition) is 11. The second-order valence-corrected chi connectivity index (χ2v) is 16.3. The highest BCUT2D eigenvalue weighted by atomic mass is 32.2. The van der Waals surface area contributed by atoms with Crippen molar-refractivity contribution in [2.45, 2.75) is 88.5 Å². The predicted molar refractivity (Wildman–Crippen MR) is 187 cm³/mol. The minimum absolute atomic E-state index is 0.0335. The number of hydrogen-bond donors (Lipinski definition) is 4. The standard InChI is InChI=1S/C34H47F2N5O7S2/c1-6-37-28-18-47-32(46-5)31(28)20(4)48-34(43)40-27(13-21-11-22(35)14-23(36)12-21)29(42)17-41(16-19(2)3)50(44,45)25-9-10-26-30(15-25)49-33(39-26)38-24-7-8-24/h9-12,14-15,19-20,24,27-29,31-32,37,42H,6-8,13,16-18H2,1-5H3,(H,38,39)(H,40,43)/t20-,27-,28-,29+,31+,32-/m0/s1. The zero-order valence-corrected chi connectivity index (χ0v) is 30.5. The number of nitrogens with zero attached hydrogens (tertiary/aromatic N) is 2. The van der Waals surface area contributed by atoms with Gasteiger partial charge in [-0.1, -0.05) is 32.1 Å². The van der Waals surface area contributed by atoms with Crippen molar-refractivity contribution >= 4 is 42.8 Å². The zero-order chi connectivity index (χ0) is 36.2. The third-order valence-corrected chi connectivity index (χ3v) is 11.5.